The van der Waals surface area contributed by atoms with E-state index in [-0.39, 0.29) is 11.1 Å². The second-order valence-corrected chi connectivity index (χ2v) is 3.50. The lowest BCUT2D eigenvalue weighted by Crippen LogP contribution is -2.00. The van der Waals surface area contributed by atoms with Gasteiger partial charge in [0, 0.05) is 0 Å². The zero-order valence-electron chi connectivity index (χ0n) is 8.65. The Kier molecular flexibility index (Phi) is 2.87. The first-order valence-electron chi connectivity index (χ1n) is 4.87. The normalized spacial score (nSPS) is 10.2. The molecule has 86 valence electrons. The van der Waals surface area contributed by atoms with E-state index in [1.807, 2.05) is 0 Å². The summed E-state index contributed by atoms with van der Waals surface area (Å²) in [5.41, 5.74) is 0.679. The zero-order chi connectivity index (χ0) is 12.4. The van der Waals surface area contributed by atoms with E-state index in [0.29, 0.717) is 5.56 Å². The molecule has 0 spiro atoms. The first-order valence-corrected chi connectivity index (χ1v) is 4.87. The Hall–Kier alpha value is -2.23. The molecular weight excluding hydrogens is 226 g/mol. The van der Waals surface area contributed by atoms with Gasteiger partial charge >= 0.3 is 5.97 Å². The summed E-state index contributed by atoms with van der Waals surface area (Å²) in [4.78, 5) is 11.0. The van der Waals surface area contributed by atoms with Crippen LogP contribution < -0.4 is 0 Å². The van der Waals surface area contributed by atoms with Crippen molar-refractivity contribution in [1.29, 1.82) is 0 Å². The summed E-state index contributed by atoms with van der Waals surface area (Å²) in [5, 5.41) is 8.98. The van der Waals surface area contributed by atoms with Gasteiger partial charge in [-0.3, -0.25) is 0 Å². The van der Waals surface area contributed by atoms with Crippen LogP contribution in [0.1, 0.15) is 10.4 Å². The lowest BCUT2D eigenvalue weighted by Gasteiger charge is -2.06. The largest absolute Gasteiger partial charge is 0.478 e. The molecule has 1 N–H and O–H groups in total. The Morgan fingerprint density at radius 3 is 2.12 bits per heavy atom. The molecule has 4 heteroatoms. The van der Waals surface area contributed by atoms with Crippen LogP contribution in [-0.2, 0) is 0 Å². The highest BCUT2D eigenvalue weighted by Gasteiger charge is 2.12. The molecule has 0 atom stereocenters. The number of benzene rings is 2. The van der Waals surface area contributed by atoms with Gasteiger partial charge in [0.15, 0.2) is 0 Å². The number of carboxylic acid groups (broad SMARTS) is 1. The van der Waals surface area contributed by atoms with Crippen molar-refractivity contribution in [2.24, 2.45) is 0 Å². The van der Waals surface area contributed by atoms with Crippen LogP contribution in [0.2, 0.25) is 0 Å². The zero-order valence-corrected chi connectivity index (χ0v) is 8.65. The van der Waals surface area contributed by atoms with Crippen LogP contribution in [0.25, 0.3) is 11.1 Å². The van der Waals surface area contributed by atoms with Crippen molar-refractivity contribution in [3.63, 3.8) is 0 Å². The Balaban J connectivity index is 2.60. The molecule has 0 saturated carbocycles. The molecule has 0 amide bonds. The number of hydrogen-bond donors (Lipinski definition) is 1. The van der Waals surface area contributed by atoms with Gasteiger partial charge in [-0.15, -0.1) is 0 Å². The van der Waals surface area contributed by atoms with E-state index in [2.05, 4.69) is 0 Å². The topological polar surface area (TPSA) is 37.3 Å². The van der Waals surface area contributed by atoms with Gasteiger partial charge in [0.25, 0.3) is 0 Å². The molecule has 0 saturated heterocycles. The first kappa shape index (κ1) is 11.3. The number of carbonyl (C=O) groups is 1. The molecule has 0 heterocycles. The Morgan fingerprint density at radius 1 is 0.941 bits per heavy atom. The molecule has 0 aromatic heterocycles. The predicted molar refractivity (Wildman–Crippen MR) is 58.8 cm³/mol. The summed E-state index contributed by atoms with van der Waals surface area (Å²) in [6.45, 7) is 0. The summed E-state index contributed by atoms with van der Waals surface area (Å²) in [7, 11) is 0. The van der Waals surface area contributed by atoms with E-state index in [4.69, 9.17) is 5.11 Å². The maximum atomic E-state index is 13.1. The van der Waals surface area contributed by atoms with Gasteiger partial charge in [0.2, 0.25) is 0 Å². The minimum Gasteiger partial charge on any atom is -0.478 e. The molecule has 2 aromatic carbocycles. The Labute approximate surface area is 96.1 Å². The van der Waals surface area contributed by atoms with Crippen LogP contribution in [0.3, 0.4) is 0 Å². The summed E-state index contributed by atoms with van der Waals surface area (Å²) in [6.07, 6.45) is 0. The lowest BCUT2D eigenvalue weighted by atomic mass is 9.99. The second-order valence-electron chi connectivity index (χ2n) is 3.50. The third-order valence-corrected chi connectivity index (χ3v) is 2.37. The van der Waals surface area contributed by atoms with Gasteiger partial charge in [-0.1, -0.05) is 12.1 Å². The quantitative estimate of drug-likeness (QED) is 0.865. The minimum absolute atomic E-state index is 0.0157. The fraction of sp³-hybridized carbons (Fsp3) is 0. The molecule has 2 rings (SSSR count). The summed E-state index contributed by atoms with van der Waals surface area (Å²) < 4.78 is 25.9. The average Bonchev–Trinajstić information content (AvgIpc) is 2.29. The minimum atomic E-state index is -1.15. The van der Waals surface area contributed by atoms with Gasteiger partial charge in [-0.2, -0.15) is 0 Å². The standard InChI is InChI=1S/C13H8F2O2/c14-9-3-1-8(2-4-9)12-7-10(15)5-6-11(12)13(16)17/h1-7H,(H,16,17). The first-order chi connectivity index (χ1) is 8.08. The third kappa shape index (κ3) is 2.30. The van der Waals surface area contributed by atoms with Crippen molar-refractivity contribution in [3.05, 3.63) is 59.7 Å². The van der Waals surface area contributed by atoms with E-state index in [1.54, 1.807) is 0 Å². The van der Waals surface area contributed by atoms with E-state index in [0.717, 1.165) is 12.1 Å². The monoisotopic (exact) mass is 234 g/mol. The molecule has 2 nitrogen and oxygen atoms in total. The molecular formula is C13H8F2O2. The van der Waals surface area contributed by atoms with Crippen molar-refractivity contribution < 1.29 is 18.7 Å². The van der Waals surface area contributed by atoms with Crippen molar-refractivity contribution in [2.75, 3.05) is 0 Å². The number of rotatable bonds is 2. The molecule has 2 aromatic rings. The molecule has 0 bridgehead atoms. The number of halogens is 2. The van der Waals surface area contributed by atoms with Crippen LogP contribution >= 0.6 is 0 Å². The van der Waals surface area contributed by atoms with Crippen molar-refractivity contribution >= 4 is 5.97 Å². The lowest BCUT2D eigenvalue weighted by molar-refractivity contribution is 0.0697. The highest BCUT2D eigenvalue weighted by Crippen LogP contribution is 2.25. The molecule has 0 unspecified atom stereocenters. The smallest absolute Gasteiger partial charge is 0.336 e. The maximum Gasteiger partial charge on any atom is 0.336 e. The van der Waals surface area contributed by atoms with Crippen LogP contribution in [0.15, 0.2) is 42.5 Å². The number of hydrogen-bond acceptors (Lipinski definition) is 1. The van der Waals surface area contributed by atoms with Crippen LogP contribution in [0, 0.1) is 11.6 Å². The summed E-state index contributed by atoms with van der Waals surface area (Å²) >= 11 is 0. The van der Waals surface area contributed by atoms with Gasteiger partial charge < -0.3 is 5.11 Å². The maximum absolute atomic E-state index is 13.1. The molecule has 0 aliphatic carbocycles. The van der Waals surface area contributed by atoms with Crippen molar-refractivity contribution in [2.45, 2.75) is 0 Å². The molecule has 17 heavy (non-hydrogen) atoms. The van der Waals surface area contributed by atoms with E-state index < -0.39 is 17.6 Å². The van der Waals surface area contributed by atoms with Crippen molar-refractivity contribution in [1.82, 2.24) is 0 Å². The van der Waals surface area contributed by atoms with E-state index >= 15 is 0 Å². The highest BCUT2D eigenvalue weighted by molar-refractivity contribution is 5.95. The van der Waals surface area contributed by atoms with Gasteiger partial charge in [-0.05, 0) is 41.5 Å². The average molecular weight is 234 g/mol. The summed E-state index contributed by atoms with van der Waals surface area (Å²) in [6, 6.07) is 8.62. The third-order valence-electron chi connectivity index (χ3n) is 2.37. The molecule has 0 radical (unpaired) electrons. The van der Waals surface area contributed by atoms with Gasteiger partial charge in [0.1, 0.15) is 11.6 Å². The number of carboxylic acids is 1. The van der Waals surface area contributed by atoms with Crippen molar-refractivity contribution in [3.8, 4) is 11.1 Å². The highest BCUT2D eigenvalue weighted by atomic mass is 19.1. The van der Waals surface area contributed by atoms with Gasteiger partial charge in [-0.25, -0.2) is 13.6 Å². The van der Waals surface area contributed by atoms with Crippen LogP contribution in [-0.4, -0.2) is 11.1 Å². The predicted octanol–water partition coefficient (Wildman–Crippen LogP) is 3.33. The van der Waals surface area contributed by atoms with E-state index in [1.165, 1.54) is 30.3 Å². The molecule has 0 fully saturated rings. The Morgan fingerprint density at radius 2 is 1.53 bits per heavy atom. The Bertz CT molecular complexity index is 562. The van der Waals surface area contributed by atoms with Crippen LogP contribution in [0.4, 0.5) is 8.78 Å². The fourth-order valence-corrected chi connectivity index (χ4v) is 1.57. The summed E-state index contributed by atoms with van der Waals surface area (Å²) in [5.74, 6) is -2.11. The second kappa shape index (κ2) is 4.33. The SMILES string of the molecule is O=C(O)c1ccc(F)cc1-c1ccc(F)cc1. The van der Waals surface area contributed by atoms with E-state index in [9.17, 15) is 13.6 Å². The van der Waals surface area contributed by atoms with Crippen LogP contribution in [0.5, 0.6) is 0 Å². The molecule has 0 aliphatic heterocycles. The van der Waals surface area contributed by atoms with Gasteiger partial charge in [0.05, 0.1) is 5.56 Å². The fourth-order valence-electron chi connectivity index (χ4n) is 1.57. The molecule has 0 aliphatic rings. The number of aromatic carboxylic acids is 1.